The molecular formula is C11H17ClN2S. The average molecular weight is 245 g/mol. The molecule has 1 aromatic rings. The molecule has 0 aliphatic heterocycles. The summed E-state index contributed by atoms with van der Waals surface area (Å²) in [7, 11) is 0. The Balaban J connectivity index is 1.95. The van der Waals surface area contributed by atoms with Crippen molar-refractivity contribution in [3.05, 3.63) is 21.3 Å². The maximum absolute atomic E-state index is 5.91. The summed E-state index contributed by atoms with van der Waals surface area (Å²) in [5.41, 5.74) is 2.94. The molecule has 84 valence electrons. The van der Waals surface area contributed by atoms with Crippen LogP contribution < -0.4 is 11.3 Å². The van der Waals surface area contributed by atoms with Gasteiger partial charge in [-0.2, -0.15) is 0 Å². The molecule has 0 spiro atoms. The van der Waals surface area contributed by atoms with Crippen molar-refractivity contribution in [2.24, 2.45) is 17.7 Å². The zero-order valence-corrected chi connectivity index (χ0v) is 10.4. The molecule has 0 aromatic carbocycles. The third-order valence-electron chi connectivity index (χ3n) is 3.26. The highest BCUT2D eigenvalue weighted by atomic mass is 35.5. The van der Waals surface area contributed by atoms with Crippen LogP contribution in [0, 0.1) is 11.8 Å². The van der Waals surface area contributed by atoms with Gasteiger partial charge in [0.2, 0.25) is 0 Å². The molecule has 1 heterocycles. The summed E-state index contributed by atoms with van der Waals surface area (Å²) in [5.74, 6) is 7.15. The Labute approximate surface area is 99.8 Å². The molecule has 0 amide bonds. The average Bonchev–Trinajstić information content (AvgIpc) is 2.99. The maximum atomic E-state index is 5.91. The second-order valence-corrected chi connectivity index (χ2v) is 6.18. The number of hydrogen-bond donors (Lipinski definition) is 2. The van der Waals surface area contributed by atoms with Crippen LogP contribution in [0.3, 0.4) is 0 Å². The lowest BCUT2D eigenvalue weighted by atomic mass is 9.94. The molecule has 2 rings (SSSR count). The van der Waals surface area contributed by atoms with Gasteiger partial charge in [0.25, 0.3) is 0 Å². The van der Waals surface area contributed by atoms with Gasteiger partial charge in [-0.1, -0.05) is 18.5 Å². The number of hydrogen-bond acceptors (Lipinski definition) is 3. The molecule has 1 saturated carbocycles. The van der Waals surface area contributed by atoms with Gasteiger partial charge in [-0.25, -0.2) is 0 Å². The van der Waals surface area contributed by atoms with E-state index >= 15 is 0 Å². The van der Waals surface area contributed by atoms with E-state index < -0.39 is 0 Å². The highest BCUT2D eigenvalue weighted by Crippen LogP contribution is 2.39. The molecule has 3 N–H and O–H groups in total. The van der Waals surface area contributed by atoms with Gasteiger partial charge in [0, 0.05) is 10.9 Å². The molecular weight excluding hydrogens is 228 g/mol. The van der Waals surface area contributed by atoms with Crippen LogP contribution in [0.1, 0.15) is 24.6 Å². The predicted molar refractivity (Wildman–Crippen MR) is 66.0 cm³/mol. The van der Waals surface area contributed by atoms with E-state index in [1.165, 1.54) is 17.7 Å². The molecule has 1 aliphatic rings. The second kappa shape index (κ2) is 4.83. The van der Waals surface area contributed by atoms with E-state index in [0.29, 0.717) is 12.0 Å². The Morgan fingerprint density at radius 3 is 2.80 bits per heavy atom. The summed E-state index contributed by atoms with van der Waals surface area (Å²) < 4.78 is 0.861. The molecule has 1 fully saturated rings. The van der Waals surface area contributed by atoms with Crippen LogP contribution in [0.2, 0.25) is 4.34 Å². The smallest absolute Gasteiger partial charge is 0.0931 e. The van der Waals surface area contributed by atoms with E-state index in [2.05, 4.69) is 18.4 Å². The van der Waals surface area contributed by atoms with Gasteiger partial charge < -0.3 is 0 Å². The van der Waals surface area contributed by atoms with Crippen molar-refractivity contribution < 1.29 is 0 Å². The molecule has 0 saturated heterocycles. The molecule has 2 nitrogen and oxygen atoms in total. The minimum atomic E-state index is 0.382. The summed E-state index contributed by atoms with van der Waals surface area (Å²) in [6.07, 6.45) is 3.72. The van der Waals surface area contributed by atoms with Crippen molar-refractivity contribution in [1.82, 2.24) is 5.43 Å². The van der Waals surface area contributed by atoms with Gasteiger partial charge in [0.15, 0.2) is 0 Å². The molecule has 4 heteroatoms. The van der Waals surface area contributed by atoms with Gasteiger partial charge in [-0.15, -0.1) is 11.3 Å². The molecule has 15 heavy (non-hydrogen) atoms. The first kappa shape index (κ1) is 11.4. The van der Waals surface area contributed by atoms with E-state index in [-0.39, 0.29) is 0 Å². The zero-order chi connectivity index (χ0) is 10.8. The first-order valence-electron chi connectivity index (χ1n) is 5.41. The number of hydrazine groups is 1. The fourth-order valence-corrected chi connectivity index (χ4v) is 3.17. The number of halogens is 1. The van der Waals surface area contributed by atoms with Crippen LogP contribution in [0.15, 0.2) is 12.1 Å². The van der Waals surface area contributed by atoms with Crippen LogP contribution in [-0.4, -0.2) is 6.04 Å². The first-order chi connectivity index (χ1) is 7.20. The Hall–Kier alpha value is -0.0900. The molecule has 2 unspecified atom stereocenters. The van der Waals surface area contributed by atoms with Gasteiger partial charge in [-0.3, -0.25) is 11.3 Å². The number of thiophene rings is 1. The van der Waals surface area contributed by atoms with Crippen LogP contribution in [0.25, 0.3) is 0 Å². The van der Waals surface area contributed by atoms with E-state index in [0.717, 1.165) is 16.7 Å². The first-order valence-corrected chi connectivity index (χ1v) is 6.60. The Bertz CT molecular complexity index is 322. The normalized spacial score (nSPS) is 20.2. The summed E-state index contributed by atoms with van der Waals surface area (Å²) in [5, 5.41) is 0. The minimum absolute atomic E-state index is 0.382. The fraction of sp³-hybridized carbons (Fsp3) is 0.636. The van der Waals surface area contributed by atoms with Gasteiger partial charge in [0.05, 0.1) is 4.34 Å². The SMILES string of the molecule is CC(C1CC1)C(Cc1ccc(Cl)s1)NN. The van der Waals surface area contributed by atoms with Crippen molar-refractivity contribution in [2.75, 3.05) is 0 Å². The standard InChI is InChI=1S/C11H17ClN2S/c1-7(8-2-3-8)10(14-13)6-9-4-5-11(12)15-9/h4-5,7-8,10,14H,2-3,6,13H2,1H3. The van der Waals surface area contributed by atoms with E-state index in [1.807, 2.05) is 6.07 Å². The Kier molecular flexibility index (Phi) is 3.67. The van der Waals surface area contributed by atoms with E-state index in [9.17, 15) is 0 Å². The largest absolute Gasteiger partial charge is 0.271 e. The molecule has 2 atom stereocenters. The van der Waals surface area contributed by atoms with E-state index in [1.54, 1.807) is 11.3 Å². The monoisotopic (exact) mass is 244 g/mol. The topological polar surface area (TPSA) is 38.0 Å². The predicted octanol–water partition coefficient (Wildman–Crippen LogP) is 2.82. The number of nitrogens with two attached hydrogens (primary N) is 1. The number of nitrogens with one attached hydrogen (secondary N) is 1. The van der Waals surface area contributed by atoms with Crippen molar-refractivity contribution in [3.63, 3.8) is 0 Å². The minimum Gasteiger partial charge on any atom is -0.271 e. The maximum Gasteiger partial charge on any atom is 0.0931 e. The summed E-state index contributed by atoms with van der Waals surface area (Å²) in [4.78, 5) is 1.32. The lowest BCUT2D eigenvalue weighted by Gasteiger charge is -2.22. The van der Waals surface area contributed by atoms with Crippen molar-refractivity contribution in [3.8, 4) is 0 Å². The van der Waals surface area contributed by atoms with Crippen molar-refractivity contribution >= 4 is 22.9 Å². The lowest BCUT2D eigenvalue weighted by Crippen LogP contribution is -2.42. The third kappa shape index (κ3) is 2.94. The van der Waals surface area contributed by atoms with Crippen LogP contribution >= 0.6 is 22.9 Å². The van der Waals surface area contributed by atoms with Crippen LogP contribution in [-0.2, 0) is 6.42 Å². The van der Waals surface area contributed by atoms with Crippen molar-refractivity contribution in [1.29, 1.82) is 0 Å². The van der Waals surface area contributed by atoms with Crippen LogP contribution in [0.5, 0.6) is 0 Å². The molecule has 0 bridgehead atoms. The fourth-order valence-electron chi connectivity index (χ4n) is 2.03. The molecule has 1 aromatic heterocycles. The lowest BCUT2D eigenvalue weighted by molar-refractivity contribution is 0.345. The van der Waals surface area contributed by atoms with Crippen LogP contribution in [0.4, 0.5) is 0 Å². The summed E-state index contributed by atoms with van der Waals surface area (Å²) in [6, 6.07) is 4.43. The number of rotatable bonds is 5. The third-order valence-corrected chi connectivity index (χ3v) is 4.52. The van der Waals surface area contributed by atoms with Gasteiger partial charge in [-0.05, 0) is 43.2 Å². The molecule has 1 aliphatic carbocycles. The highest BCUT2D eigenvalue weighted by molar-refractivity contribution is 7.16. The van der Waals surface area contributed by atoms with Gasteiger partial charge in [0.1, 0.15) is 0 Å². The Morgan fingerprint density at radius 1 is 1.60 bits per heavy atom. The van der Waals surface area contributed by atoms with Gasteiger partial charge >= 0.3 is 0 Å². The summed E-state index contributed by atoms with van der Waals surface area (Å²) >= 11 is 7.56. The summed E-state index contributed by atoms with van der Waals surface area (Å²) in [6.45, 7) is 2.29. The van der Waals surface area contributed by atoms with Crippen molar-refractivity contribution in [2.45, 2.75) is 32.2 Å². The molecule has 0 radical (unpaired) electrons. The quantitative estimate of drug-likeness (QED) is 0.618. The zero-order valence-electron chi connectivity index (χ0n) is 8.87. The van der Waals surface area contributed by atoms with E-state index in [4.69, 9.17) is 17.4 Å². The second-order valence-electron chi connectivity index (χ2n) is 4.38. The Morgan fingerprint density at radius 2 is 2.33 bits per heavy atom. The highest BCUT2D eigenvalue weighted by Gasteiger charge is 2.32.